The van der Waals surface area contributed by atoms with Crippen molar-refractivity contribution in [3.8, 4) is 40.2 Å². The topological polar surface area (TPSA) is 79.0 Å². The first-order valence-electron chi connectivity index (χ1n) is 14.3. The zero-order valence-electron chi connectivity index (χ0n) is 23.7. The quantitative estimate of drug-likeness (QED) is 0.162. The molecule has 0 amide bonds. The summed E-state index contributed by atoms with van der Waals surface area (Å²) in [6.45, 7) is 0. The second-order valence-electron chi connectivity index (χ2n) is 10.3. The molecule has 6 aromatic rings. The number of para-hydroxylation sites is 3. The van der Waals surface area contributed by atoms with Gasteiger partial charge in [-0.25, -0.2) is 13.8 Å². The van der Waals surface area contributed by atoms with Crippen molar-refractivity contribution in [1.82, 2.24) is 10.1 Å². The van der Waals surface area contributed by atoms with Crippen molar-refractivity contribution in [2.24, 2.45) is 4.99 Å². The van der Waals surface area contributed by atoms with E-state index < -0.39 is 23.8 Å². The second kappa shape index (κ2) is 12.4. The molecule has 0 saturated carbocycles. The van der Waals surface area contributed by atoms with Crippen LogP contribution >= 0.6 is 0 Å². The van der Waals surface area contributed by atoms with Gasteiger partial charge in [-0.05, 0) is 78.2 Å². The number of ether oxygens (including phenoxy) is 3. The minimum absolute atomic E-state index is 0.0331. The minimum Gasteiger partial charge on any atom is -0.468 e. The van der Waals surface area contributed by atoms with Crippen molar-refractivity contribution in [2.75, 3.05) is 0 Å². The van der Waals surface area contributed by atoms with Crippen LogP contribution in [0.5, 0.6) is 28.7 Å². The molecule has 2 unspecified atom stereocenters. The Bertz CT molecular complexity index is 1960. The summed E-state index contributed by atoms with van der Waals surface area (Å²) >= 11 is 0. The van der Waals surface area contributed by atoms with Gasteiger partial charge in [-0.2, -0.15) is 4.98 Å². The molecular formula is C36H25F2N3O4. The normalized spacial score (nSPS) is 15.8. The van der Waals surface area contributed by atoms with Gasteiger partial charge >= 0.3 is 0 Å². The predicted octanol–water partition coefficient (Wildman–Crippen LogP) is 8.76. The minimum atomic E-state index is -0.709. The van der Waals surface area contributed by atoms with Crippen LogP contribution in [0.4, 0.5) is 8.78 Å². The van der Waals surface area contributed by atoms with Gasteiger partial charge in [0.05, 0.1) is 5.92 Å². The summed E-state index contributed by atoms with van der Waals surface area (Å²) in [4.78, 5) is 9.38. The fraction of sp³-hybridized carbons (Fsp3) is 0.0833. The predicted molar refractivity (Wildman–Crippen MR) is 164 cm³/mol. The maximum atomic E-state index is 14.6. The Morgan fingerprint density at radius 1 is 0.733 bits per heavy atom. The van der Waals surface area contributed by atoms with E-state index in [9.17, 15) is 8.78 Å². The third kappa shape index (κ3) is 6.28. The van der Waals surface area contributed by atoms with E-state index in [1.807, 2.05) is 48.5 Å². The summed E-state index contributed by atoms with van der Waals surface area (Å²) in [5.74, 6) is 0.988. The van der Waals surface area contributed by atoms with Gasteiger partial charge < -0.3 is 18.7 Å². The van der Waals surface area contributed by atoms with Crippen molar-refractivity contribution in [3.63, 3.8) is 0 Å². The molecule has 1 aliphatic rings. The van der Waals surface area contributed by atoms with Crippen molar-refractivity contribution >= 4 is 6.21 Å². The number of aromatic nitrogens is 2. The van der Waals surface area contributed by atoms with E-state index >= 15 is 0 Å². The molecule has 1 aromatic heterocycles. The van der Waals surface area contributed by atoms with Crippen LogP contribution in [0.1, 0.15) is 22.9 Å². The van der Waals surface area contributed by atoms with Crippen LogP contribution in [0.2, 0.25) is 0 Å². The van der Waals surface area contributed by atoms with E-state index in [-0.39, 0.29) is 17.4 Å². The summed E-state index contributed by atoms with van der Waals surface area (Å²) in [5.41, 5.74) is 2.09. The molecule has 7 rings (SSSR count). The van der Waals surface area contributed by atoms with Crippen LogP contribution in [0.25, 0.3) is 11.5 Å². The Morgan fingerprint density at radius 3 is 2.11 bits per heavy atom. The molecule has 9 heteroatoms. The fourth-order valence-corrected chi connectivity index (χ4v) is 4.98. The average molecular weight is 602 g/mol. The molecule has 0 N–H and O–H groups in total. The zero-order chi connectivity index (χ0) is 30.6. The standard InChI is InChI=1S/C36H25F2N3O4/c37-29-17-15-23(19-32(29)42-26-10-3-1-4-11-26)22-39-36-28(20-24-9-7-8-14-31(24)44-36)34-40-35(45-41-34)25-16-18-30(38)33(21-25)43-27-12-5-2-6-13-27/h1-19,21-22,28,36H,20H2/b39-22+. The SMILES string of the molecule is Fc1ccc(/C=N/C2Oc3ccccc3CC2c2noc(-c3ccc(F)c(Oc4ccccc4)c3)n2)cc1Oc1ccccc1. The van der Waals surface area contributed by atoms with Gasteiger partial charge in [0.1, 0.15) is 17.2 Å². The van der Waals surface area contributed by atoms with Gasteiger partial charge in [0.15, 0.2) is 35.2 Å². The second-order valence-corrected chi connectivity index (χ2v) is 10.3. The molecule has 0 bridgehead atoms. The summed E-state index contributed by atoms with van der Waals surface area (Å²) < 4.78 is 52.5. The van der Waals surface area contributed by atoms with E-state index in [1.165, 1.54) is 18.2 Å². The van der Waals surface area contributed by atoms with Crippen LogP contribution in [0.15, 0.2) is 131 Å². The molecule has 7 nitrogen and oxygen atoms in total. The summed E-state index contributed by atoms with van der Waals surface area (Å²) in [6.07, 6.45) is 1.44. The number of hydrogen-bond donors (Lipinski definition) is 0. The number of rotatable bonds is 8. The Morgan fingerprint density at radius 2 is 1.38 bits per heavy atom. The first-order chi connectivity index (χ1) is 22.1. The molecule has 0 fully saturated rings. The number of aliphatic imine (C=N–C) groups is 1. The maximum absolute atomic E-state index is 14.6. The van der Waals surface area contributed by atoms with Crippen molar-refractivity contribution in [2.45, 2.75) is 18.6 Å². The largest absolute Gasteiger partial charge is 0.468 e. The number of hydrogen-bond acceptors (Lipinski definition) is 7. The highest BCUT2D eigenvalue weighted by Crippen LogP contribution is 2.37. The summed E-state index contributed by atoms with van der Waals surface area (Å²) in [7, 11) is 0. The van der Waals surface area contributed by atoms with Gasteiger partial charge in [0.2, 0.25) is 0 Å². The molecule has 2 atom stereocenters. The first kappa shape index (κ1) is 28.0. The van der Waals surface area contributed by atoms with E-state index in [4.69, 9.17) is 23.7 Å². The smallest absolute Gasteiger partial charge is 0.258 e. The lowest BCUT2D eigenvalue weighted by Gasteiger charge is -2.29. The van der Waals surface area contributed by atoms with Crippen molar-refractivity contribution < 1.29 is 27.5 Å². The highest BCUT2D eigenvalue weighted by molar-refractivity contribution is 5.80. The third-order valence-electron chi connectivity index (χ3n) is 7.22. The van der Waals surface area contributed by atoms with Crippen LogP contribution in [0.3, 0.4) is 0 Å². The molecule has 0 saturated heterocycles. The van der Waals surface area contributed by atoms with Crippen LogP contribution < -0.4 is 14.2 Å². The van der Waals surface area contributed by atoms with E-state index in [2.05, 4.69) is 10.1 Å². The van der Waals surface area contributed by atoms with Gasteiger partial charge in [0, 0.05) is 11.8 Å². The lowest BCUT2D eigenvalue weighted by Crippen LogP contribution is -2.30. The van der Waals surface area contributed by atoms with Crippen molar-refractivity contribution in [1.29, 1.82) is 0 Å². The monoisotopic (exact) mass is 601 g/mol. The Kier molecular flexibility index (Phi) is 7.72. The van der Waals surface area contributed by atoms with Crippen LogP contribution in [0, 0.1) is 11.6 Å². The van der Waals surface area contributed by atoms with Crippen molar-refractivity contribution in [3.05, 3.63) is 150 Å². The average Bonchev–Trinajstić information content (AvgIpc) is 3.57. The Balaban J connectivity index is 1.16. The molecule has 0 spiro atoms. The summed E-state index contributed by atoms with van der Waals surface area (Å²) in [6, 6.07) is 34.5. The number of fused-ring (bicyclic) bond motifs is 1. The zero-order valence-corrected chi connectivity index (χ0v) is 23.7. The number of halogens is 2. The van der Waals surface area contributed by atoms with Gasteiger partial charge in [-0.1, -0.05) is 65.8 Å². The van der Waals surface area contributed by atoms with Gasteiger partial charge in [-0.15, -0.1) is 0 Å². The molecule has 1 aliphatic heterocycles. The Labute approximate surface area is 257 Å². The number of benzene rings is 5. The van der Waals surface area contributed by atoms with E-state index in [1.54, 1.807) is 60.8 Å². The highest BCUT2D eigenvalue weighted by Gasteiger charge is 2.34. The number of nitrogens with zero attached hydrogens (tertiary/aromatic N) is 3. The highest BCUT2D eigenvalue weighted by atomic mass is 19.1. The Hall–Kier alpha value is -5.83. The van der Waals surface area contributed by atoms with Crippen LogP contribution in [-0.2, 0) is 6.42 Å². The van der Waals surface area contributed by atoms with E-state index in [0.29, 0.717) is 40.6 Å². The molecule has 5 aromatic carbocycles. The summed E-state index contributed by atoms with van der Waals surface area (Å²) in [5, 5.41) is 4.26. The molecule has 0 radical (unpaired) electrons. The molecule has 2 heterocycles. The molecule has 45 heavy (non-hydrogen) atoms. The molecular weight excluding hydrogens is 576 g/mol. The van der Waals surface area contributed by atoms with Gasteiger partial charge in [0.25, 0.3) is 5.89 Å². The van der Waals surface area contributed by atoms with Crippen LogP contribution in [-0.4, -0.2) is 22.6 Å². The lowest BCUT2D eigenvalue weighted by molar-refractivity contribution is 0.153. The molecule has 222 valence electrons. The van der Waals surface area contributed by atoms with Gasteiger partial charge in [-0.3, -0.25) is 0 Å². The van der Waals surface area contributed by atoms with E-state index in [0.717, 1.165) is 5.56 Å². The molecule has 0 aliphatic carbocycles. The fourth-order valence-electron chi connectivity index (χ4n) is 4.98. The maximum Gasteiger partial charge on any atom is 0.258 e. The lowest BCUT2D eigenvalue weighted by atomic mass is 9.93. The third-order valence-corrected chi connectivity index (χ3v) is 7.22. The first-order valence-corrected chi connectivity index (χ1v) is 14.3.